The first kappa shape index (κ1) is 30.7. The minimum absolute atomic E-state index is 0.0426. The Morgan fingerprint density at radius 1 is 0.870 bits per heavy atom. The van der Waals surface area contributed by atoms with Crippen molar-refractivity contribution in [2.45, 2.75) is 45.8 Å². The van der Waals surface area contributed by atoms with Crippen molar-refractivity contribution in [2.24, 2.45) is 7.05 Å². The van der Waals surface area contributed by atoms with Crippen LogP contribution in [-0.4, -0.2) is 49.0 Å². The molecule has 0 saturated carbocycles. The van der Waals surface area contributed by atoms with Gasteiger partial charge in [0, 0.05) is 62.2 Å². The first-order valence-electron chi connectivity index (χ1n) is 15.8. The zero-order valence-corrected chi connectivity index (χ0v) is 26.6. The summed E-state index contributed by atoms with van der Waals surface area (Å²) in [6.07, 6.45) is 6.41. The van der Waals surface area contributed by atoms with Crippen LogP contribution in [0.1, 0.15) is 39.2 Å². The Labute approximate surface area is 270 Å². The Morgan fingerprint density at radius 3 is 2.28 bits per heavy atom. The predicted octanol–water partition coefficient (Wildman–Crippen LogP) is 6.34. The van der Waals surface area contributed by atoms with Crippen molar-refractivity contribution in [3.63, 3.8) is 0 Å². The summed E-state index contributed by atoms with van der Waals surface area (Å²) in [5.74, 6) is -0.262. The van der Waals surface area contributed by atoms with Crippen LogP contribution in [0.2, 0.25) is 0 Å². The molecule has 0 unspecified atom stereocenters. The van der Waals surface area contributed by atoms with E-state index in [4.69, 9.17) is 0 Å². The summed E-state index contributed by atoms with van der Waals surface area (Å²) in [6.45, 7) is 5.36. The molecule has 3 heterocycles. The Hall–Kier alpha value is -5.30. The van der Waals surface area contributed by atoms with Gasteiger partial charge in [-0.3, -0.25) is 19.3 Å². The molecule has 1 atom stereocenters. The van der Waals surface area contributed by atoms with Gasteiger partial charge in [-0.05, 0) is 60.7 Å². The molecule has 232 valence electrons. The first-order chi connectivity index (χ1) is 22.4. The number of carbonyl (C=O) groups excluding carboxylic acids is 2. The van der Waals surface area contributed by atoms with E-state index >= 15 is 0 Å². The summed E-state index contributed by atoms with van der Waals surface area (Å²) in [4.78, 5) is 37.0. The topological polar surface area (TPSA) is 71.3 Å². The van der Waals surface area contributed by atoms with Gasteiger partial charge in [0.2, 0.25) is 11.8 Å². The third-order valence-electron chi connectivity index (χ3n) is 8.88. The van der Waals surface area contributed by atoms with Gasteiger partial charge in [0.25, 0.3) is 0 Å². The van der Waals surface area contributed by atoms with E-state index in [1.165, 1.54) is 5.56 Å². The maximum atomic E-state index is 14.6. The summed E-state index contributed by atoms with van der Waals surface area (Å²) in [5, 5.41) is 4.51. The summed E-state index contributed by atoms with van der Waals surface area (Å²) >= 11 is 0. The Bertz CT molecular complexity index is 1850. The van der Waals surface area contributed by atoms with E-state index in [1.54, 1.807) is 17.2 Å². The van der Waals surface area contributed by atoms with E-state index in [0.717, 1.165) is 51.3 Å². The Kier molecular flexibility index (Phi) is 9.20. The molecule has 0 fully saturated rings. The zero-order valence-electron chi connectivity index (χ0n) is 26.6. The molecule has 0 saturated heterocycles. The molecule has 3 aromatic carbocycles. The monoisotopic (exact) mass is 609 g/mol. The van der Waals surface area contributed by atoms with E-state index in [-0.39, 0.29) is 18.4 Å². The highest BCUT2D eigenvalue weighted by molar-refractivity contribution is 5.96. The van der Waals surface area contributed by atoms with Crippen LogP contribution in [0.15, 0.2) is 109 Å². The van der Waals surface area contributed by atoms with Crippen LogP contribution in [-0.2, 0) is 42.6 Å². The van der Waals surface area contributed by atoms with Crippen molar-refractivity contribution in [2.75, 3.05) is 6.54 Å². The van der Waals surface area contributed by atoms with Crippen LogP contribution in [0.4, 0.5) is 0 Å². The number of carbonyl (C=O) groups is 2. The molecule has 1 aliphatic heterocycles. The molecule has 7 heteroatoms. The van der Waals surface area contributed by atoms with Gasteiger partial charge < -0.3 is 9.80 Å². The van der Waals surface area contributed by atoms with Gasteiger partial charge in [0.15, 0.2) is 0 Å². The number of aromatic nitrogens is 3. The molecule has 6 rings (SSSR count). The lowest BCUT2D eigenvalue weighted by Gasteiger charge is -2.37. The highest BCUT2D eigenvalue weighted by Gasteiger charge is 2.34. The number of amides is 2. The molecule has 0 aliphatic carbocycles. The second kappa shape index (κ2) is 13.8. The second-order valence-corrected chi connectivity index (χ2v) is 11.9. The number of benzene rings is 3. The fourth-order valence-electron chi connectivity index (χ4n) is 6.20. The summed E-state index contributed by atoms with van der Waals surface area (Å²) < 4.78 is 1.82. The SMILES string of the molecule is Cc1nn(C)c(C)c1/C=C/C(=O)N(Cc1ccc(-c2ccccn2)cc1)[C@@H](Cc1ccccc1)C(=O)N1CCc2ccccc2C1. The van der Waals surface area contributed by atoms with Crippen molar-refractivity contribution in [1.29, 1.82) is 0 Å². The van der Waals surface area contributed by atoms with Crippen molar-refractivity contribution in [3.05, 3.63) is 149 Å². The van der Waals surface area contributed by atoms with Crippen molar-refractivity contribution >= 4 is 17.9 Å². The molecule has 0 N–H and O–H groups in total. The second-order valence-electron chi connectivity index (χ2n) is 11.9. The number of hydrogen-bond acceptors (Lipinski definition) is 4. The quantitative estimate of drug-likeness (QED) is 0.183. The van der Waals surface area contributed by atoms with E-state index in [9.17, 15) is 9.59 Å². The van der Waals surface area contributed by atoms with Crippen LogP contribution in [0.5, 0.6) is 0 Å². The van der Waals surface area contributed by atoms with Crippen molar-refractivity contribution in [1.82, 2.24) is 24.6 Å². The van der Waals surface area contributed by atoms with Gasteiger partial charge in [0.1, 0.15) is 6.04 Å². The maximum absolute atomic E-state index is 14.6. The fraction of sp³-hybridized carbons (Fsp3) is 0.231. The molecule has 0 radical (unpaired) electrons. The number of rotatable bonds is 9. The molecule has 5 aromatic rings. The van der Waals surface area contributed by atoms with Gasteiger partial charge in [0.05, 0.1) is 11.4 Å². The van der Waals surface area contributed by atoms with E-state index in [0.29, 0.717) is 19.5 Å². The first-order valence-corrected chi connectivity index (χ1v) is 15.8. The number of hydrogen-bond donors (Lipinski definition) is 0. The maximum Gasteiger partial charge on any atom is 0.247 e. The predicted molar refractivity (Wildman–Crippen MR) is 181 cm³/mol. The van der Waals surface area contributed by atoms with Crippen LogP contribution < -0.4 is 0 Å². The standard InChI is InChI=1S/C39H39N5O2/c1-28-35(29(2)42(3)41-28)20-21-38(45)44(26-31-16-18-33(19-17-31)36-15-9-10-23-40-36)37(25-30-11-5-4-6-12-30)39(46)43-24-22-32-13-7-8-14-34(32)27-43/h4-21,23,37H,22,24-27H2,1-3H3/b21-20+/t37-/m0/s1. The summed E-state index contributed by atoms with van der Waals surface area (Å²) in [7, 11) is 1.90. The van der Waals surface area contributed by atoms with Crippen LogP contribution in [0.3, 0.4) is 0 Å². The highest BCUT2D eigenvalue weighted by atomic mass is 16.2. The molecule has 0 bridgehead atoms. The summed E-state index contributed by atoms with van der Waals surface area (Å²) in [6, 6.07) is 31.5. The van der Waals surface area contributed by atoms with E-state index < -0.39 is 6.04 Å². The largest absolute Gasteiger partial charge is 0.336 e. The highest BCUT2D eigenvalue weighted by Crippen LogP contribution is 2.24. The van der Waals surface area contributed by atoms with E-state index in [2.05, 4.69) is 22.2 Å². The minimum atomic E-state index is -0.698. The van der Waals surface area contributed by atoms with Gasteiger partial charge in [-0.1, -0.05) is 84.9 Å². The Morgan fingerprint density at radius 2 is 1.59 bits per heavy atom. The normalized spacial score (nSPS) is 13.4. The number of pyridine rings is 1. The van der Waals surface area contributed by atoms with Crippen LogP contribution in [0, 0.1) is 13.8 Å². The summed E-state index contributed by atoms with van der Waals surface area (Å²) in [5.41, 5.74) is 8.99. The lowest BCUT2D eigenvalue weighted by molar-refractivity contribution is -0.144. The molecular formula is C39H39N5O2. The molecule has 0 spiro atoms. The molecular weight excluding hydrogens is 570 g/mol. The van der Waals surface area contributed by atoms with E-state index in [1.807, 2.05) is 121 Å². The molecule has 2 amide bonds. The fourth-order valence-corrected chi connectivity index (χ4v) is 6.20. The lowest BCUT2D eigenvalue weighted by Crippen LogP contribution is -2.52. The third-order valence-corrected chi connectivity index (χ3v) is 8.88. The smallest absolute Gasteiger partial charge is 0.247 e. The minimum Gasteiger partial charge on any atom is -0.336 e. The third kappa shape index (κ3) is 6.84. The van der Waals surface area contributed by atoms with Crippen molar-refractivity contribution < 1.29 is 9.59 Å². The average Bonchev–Trinajstić information content (AvgIpc) is 3.34. The molecule has 7 nitrogen and oxygen atoms in total. The zero-order chi connectivity index (χ0) is 32.0. The van der Waals surface area contributed by atoms with Gasteiger partial charge in [-0.2, -0.15) is 5.10 Å². The molecule has 1 aliphatic rings. The lowest BCUT2D eigenvalue weighted by atomic mass is 9.97. The molecule has 46 heavy (non-hydrogen) atoms. The van der Waals surface area contributed by atoms with Crippen LogP contribution >= 0.6 is 0 Å². The number of nitrogens with zero attached hydrogens (tertiary/aromatic N) is 5. The van der Waals surface area contributed by atoms with Gasteiger partial charge >= 0.3 is 0 Å². The Balaban J connectivity index is 1.36. The van der Waals surface area contributed by atoms with Gasteiger partial charge in [-0.25, -0.2) is 0 Å². The van der Waals surface area contributed by atoms with Crippen LogP contribution in [0.25, 0.3) is 17.3 Å². The molecule has 2 aromatic heterocycles. The van der Waals surface area contributed by atoms with Gasteiger partial charge in [-0.15, -0.1) is 0 Å². The number of aryl methyl sites for hydroxylation is 2. The van der Waals surface area contributed by atoms with Crippen molar-refractivity contribution in [3.8, 4) is 11.3 Å². The number of fused-ring (bicyclic) bond motifs is 1. The average molecular weight is 610 g/mol.